The predicted octanol–water partition coefficient (Wildman–Crippen LogP) is 1.98. The molecule has 0 atom stereocenters. The summed E-state index contributed by atoms with van der Waals surface area (Å²) in [6.45, 7) is 0. The van der Waals surface area contributed by atoms with Gasteiger partial charge in [-0.1, -0.05) is 23.4 Å². The van der Waals surface area contributed by atoms with Crippen LogP contribution in [0.2, 0.25) is 5.02 Å². The molecule has 5 heteroatoms. The van der Waals surface area contributed by atoms with Crippen LogP contribution in [-0.2, 0) is 9.53 Å². The standard InChI is InChI=1S/C11H9ClFNO2/c1-16-10(15)4-2-3-7-5-8(13)6-9(12)11(7)14/h5-6H,4,14H2,1H3. The molecule has 0 aromatic heterocycles. The molecule has 0 amide bonds. The highest BCUT2D eigenvalue weighted by Gasteiger charge is 2.04. The van der Waals surface area contributed by atoms with Crippen molar-refractivity contribution in [3.05, 3.63) is 28.5 Å². The molecule has 84 valence electrons. The van der Waals surface area contributed by atoms with E-state index in [1.54, 1.807) is 0 Å². The summed E-state index contributed by atoms with van der Waals surface area (Å²) in [6, 6.07) is 2.26. The first-order valence-electron chi connectivity index (χ1n) is 4.34. The molecule has 0 aliphatic carbocycles. The van der Waals surface area contributed by atoms with Crippen molar-refractivity contribution >= 4 is 23.3 Å². The van der Waals surface area contributed by atoms with Crippen LogP contribution in [0.15, 0.2) is 12.1 Å². The van der Waals surface area contributed by atoms with Crippen LogP contribution in [0.5, 0.6) is 0 Å². The third kappa shape index (κ3) is 3.14. The summed E-state index contributed by atoms with van der Waals surface area (Å²) in [7, 11) is 1.26. The summed E-state index contributed by atoms with van der Waals surface area (Å²) in [6.07, 6.45) is -0.0793. The molecule has 0 aliphatic heterocycles. The van der Waals surface area contributed by atoms with Crippen molar-refractivity contribution in [2.75, 3.05) is 12.8 Å². The third-order valence-corrected chi connectivity index (χ3v) is 2.09. The molecule has 1 rings (SSSR count). The van der Waals surface area contributed by atoms with Gasteiger partial charge >= 0.3 is 5.97 Å². The van der Waals surface area contributed by atoms with Gasteiger partial charge in [-0.25, -0.2) is 4.39 Å². The van der Waals surface area contributed by atoms with Gasteiger partial charge in [-0.15, -0.1) is 0 Å². The molecule has 0 spiro atoms. The van der Waals surface area contributed by atoms with Crippen molar-refractivity contribution < 1.29 is 13.9 Å². The van der Waals surface area contributed by atoms with Crippen LogP contribution in [0.1, 0.15) is 12.0 Å². The lowest BCUT2D eigenvalue weighted by molar-refractivity contribution is -0.139. The van der Waals surface area contributed by atoms with Gasteiger partial charge in [0.1, 0.15) is 12.2 Å². The molecule has 0 saturated heterocycles. The summed E-state index contributed by atoms with van der Waals surface area (Å²) < 4.78 is 17.4. The molecule has 0 fully saturated rings. The maximum absolute atomic E-state index is 13.0. The molecule has 0 saturated carbocycles. The second-order valence-corrected chi connectivity index (χ2v) is 3.31. The number of esters is 1. The first-order chi connectivity index (χ1) is 7.54. The molecule has 0 bridgehead atoms. The fourth-order valence-corrected chi connectivity index (χ4v) is 1.18. The van der Waals surface area contributed by atoms with Gasteiger partial charge in [0.25, 0.3) is 0 Å². The molecule has 0 unspecified atom stereocenters. The van der Waals surface area contributed by atoms with Crippen molar-refractivity contribution in [1.29, 1.82) is 0 Å². The largest absolute Gasteiger partial charge is 0.468 e. The Morgan fingerprint density at radius 1 is 1.62 bits per heavy atom. The summed E-state index contributed by atoms with van der Waals surface area (Å²) in [4.78, 5) is 10.8. The zero-order chi connectivity index (χ0) is 12.1. The molecule has 3 nitrogen and oxygen atoms in total. The van der Waals surface area contributed by atoms with E-state index in [0.717, 1.165) is 12.1 Å². The number of anilines is 1. The Hall–Kier alpha value is -1.73. The lowest BCUT2D eigenvalue weighted by Gasteiger charge is -2.00. The number of ether oxygens (including phenoxy) is 1. The minimum Gasteiger partial charge on any atom is -0.468 e. The Labute approximate surface area is 97.3 Å². The van der Waals surface area contributed by atoms with Crippen LogP contribution in [0.3, 0.4) is 0 Å². The molecular formula is C11H9ClFNO2. The highest BCUT2D eigenvalue weighted by Crippen LogP contribution is 2.23. The predicted molar refractivity (Wildman–Crippen MR) is 59.3 cm³/mol. The second kappa shape index (κ2) is 5.38. The van der Waals surface area contributed by atoms with Crippen LogP contribution < -0.4 is 5.73 Å². The number of nitrogen functional groups attached to an aromatic ring is 1. The smallest absolute Gasteiger partial charge is 0.317 e. The number of carbonyl (C=O) groups excluding carboxylic acids is 1. The first-order valence-corrected chi connectivity index (χ1v) is 4.72. The van der Waals surface area contributed by atoms with Crippen molar-refractivity contribution in [1.82, 2.24) is 0 Å². The lowest BCUT2D eigenvalue weighted by Crippen LogP contribution is -1.97. The fraction of sp³-hybridized carbons (Fsp3) is 0.182. The van der Waals surface area contributed by atoms with Crippen LogP contribution in [0.25, 0.3) is 0 Å². The van der Waals surface area contributed by atoms with Crippen LogP contribution >= 0.6 is 11.6 Å². The maximum Gasteiger partial charge on any atom is 0.317 e. The molecule has 16 heavy (non-hydrogen) atoms. The molecule has 0 radical (unpaired) electrons. The third-order valence-electron chi connectivity index (χ3n) is 1.78. The van der Waals surface area contributed by atoms with Crippen molar-refractivity contribution in [3.8, 4) is 11.8 Å². The van der Waals surface area contributed by atoms with Gasteiger partial charge in [0, 0.05) is 0 Å². The molecule has 0 heterocycles. The Balaban J connectivity index is 2.92. The highest BCUT2D eigenvalue weighted by atomic mass is 35.5. The maximum atomic E-state index is 13.0. The summed E-state index contributed by atoms with van der Waals surface area (Å²) in [5, 5.41) is 0.0994. The number of hydrogen-bond donors (Lipinski definition) is 1. The highest BCUT2D eigenvalue weighted by molar-refractivity contribution is 6.33. The quantitative estimate of drug-likeness (QED) is 0.465. The van der Waals surface area contributed by atoms with E-state index >= 15 is 0 Å². The van der Waals surface area contributed by atoms with Gasteiger partial charge in [0.15, 0.2) is 0 Å². The van der Waals surface area contributed by atoms with Gasteiger partial charge in [-0.2, -0.15) is 0 Å². The van der Waals surface area contributed by atoms with Gasteiger partial charge in [0.05, 0.1) is 23.4 Å². The van der Waals surface area contributed by atoms with Gasteiger partial charge in [-0.3, -0.25) is 4.79 Å². The number of carbonyl (C=O) groups is 1. The van der Waals surface area contributed by atoms with E-state index < -0.39 is 11.8 Å². The number of nitrogens with two attached hydrogens (primary N) is 1. The van der Waals surface area contributed by atoms with E-state index in [9.17, 15) is 9.18 Å². The molecule has 1 aromatic carbocycles. The van der Waals surface area contributed by atoms with Crippen molar-refractivity contribution in [3.63, 3.8) is 0 Å². The lowest BCUT2D eigenvalue weighted by atomic mass is 10.2. The van der Waals surface area contributed by atoms with Crippen LogP contribution in [0.4, 0.5) is 10.1 Å². The van der Waals surface area contributed by atoms with E-state index in [2.05, 4.69) is 16.6 Å². The molecule has 1 aromatic rings. The minimum atomic E-state index is -0.526. The summed E-state index contributed by atoms with van der Waals surface area (Å²) in [5.74, 6) is 4.09. The Kier molecular flexibility index (Phi) is 4.15. The van der Waals surface area contributed by atoms with E-state index in [4.69, 9.17) is 17.3 Å². The number of methoxy groups -OCH3 is 1. The zero-order valence-electron chi connectivity index (χ0n) is 8.51. The Morgan fingerprint density at radius 2 is 2.31 bits per heavy atom. The first kappa shape index (κ1) is 12.3. The van der Waals surface area contributed by atoms with Crippen molar-refractivity contribution in [2.45, 2.75) is 6.42 Å². The number of rotatable bonds is 1. The van der Waals surface area contributed by atoms with E-state index in [0.29, 0.717) is 0 Å². The van der Waals surface area contributed by atoms with E-state index in [-0.39, 0.29) is 22.7 Å². The van der Waals surface area contributed by atoms with Gasteiger partial charge < -0.3 is 10.5 Å². The minimum absolute atomic E-state index is 0.0793. The monoisotopic (exact) mass is 241 g/mol. The van der Waals surface area contributed by atoms with E-state index in [1.165, 1.54) is 7.11 Å². The SMILES string of the molecule is COC(=O)CC#Cc1cc(F)cc(Cl)c1N. The topological polar surface area (TPSA) is 52.3 Å². The number of benzene rings is 1. The van der Waals surface area contributed by atoms with E-state index in [1.807, 2.05) is 0 Å². The zero-order valence-corrected chi connectivity index (χ0v) is 9.27. The summed E-state index contributed by atoms with van der Waals surface area (Å²) in [5.41, 5.74) is 6.04. The van der Waals surface area contributed by atoms with Crippen LogP contribution in [0, 0.1) is 17.7 Å². The number of halogens is 2. The van der Waals surface area contributed by atoms with Crippen LogP contribution in [-0.4, -0.2) is 13.1 Å². The number of hydrogen-bond acceptors (Lipinski definition) is 3. The average Bonchev–Trinajstić information content (AvgIpc) is 2.24. The van der Waals surface area contributed by atoms with Crippen molar-refractivity contribution in [2.24, 2.45) is 0 Å². The van der Waals surface area contributed by atoms with Gasteiger partial charge in [0.2, 0.25) is 0 Å². The molecule has 0 aliphatic rings. The normalized spacial score (nSPS) is 9.19. The van der Waals surface area contributed by atoms with Gasteiger partial charge in [-0.05, 0) is 12.1 Å². The summed E-state index contributed by atoms with van der Waals surface area (Å²) >= 11 is 5.66. The average molecular weight is 242 g/mol. The fourth-order valence-electron chi connectivity index (χ4n) is 0.972. The molecular weight excluding hydrogens is 233 g/mol. The molecule has 2 N–H and O–H groups in total. The Bertz CT molecular complexity index is 477. The Morgan fingerprint density at radius 3 is 2.94 bits per heavy atom. The second-order valence-electron chi connectivity index (χ2n) is 2.90.